The molecule has 3 atom stereocenters. The fourth-order valence-electron chi connectivity index (χ4n) is 3.50. The van der Waals surface area contributed by atoms with Gasteiger partial charge in [-0.05, 0) is 39.2 Å². The van der Waals surface area contributed by atoms with Gasteiger partial charge in [-0.15, -0.1) is 0 Å². The molecule has 1 saturated carbocycles. The minimum absolute atomic E-state index is 0.150. The highest BCUT2D eigenvalue weighted by atomic mass is 16.5. The van der Waals surface area contributed by atoms with E-state index in [4.69, 9.17) is 14.4 Å². The van der Waals surface area contributed by atoms with Gasteiger partial charge in [-0.1, -0.05) is 5.16 Å². The first kappa shape index (κ1) is 24.1. The van der Waals surface area contributed by atoms with Crippen molar-refractivity contribution in [1.29, 1.82) is 0 Å². The zero-order valence-electron chi connectivity index (χ0n) is 17.8. The van der Waals surface area contributed by atoms with Gasteiger partial charge in [0.2, 0.25) is 11.8 Å². The van der Waals surface area contributed by atoms with Gasteiger partial charge in [-0.3, -0.25) is 19.5 Å². The van der Waals surface area contributed by atoms with Crippen molar-refractivity contribution in [3.63, 3.8) is 0 Å². The Morgan fingerprint density at radius 2 is 2.03 bits per heavy atom. The average molecular weight is 435 g/mol. The van der Waals surface area contributed by atoms with E-state index in [0.29, 0.717) is 30.7 Å². The van der Waals surface area contributed by atoms with E-state index in [9.17, 15) is 14.7 Å². The van der Waals surface area contributed by atoms with Crippen LogP contribution in [0.4, 0.5) is 0 Å². The molecule has 2 heterocycles. The number of H-pyrrole nitrogens is 1. The van der Waals surface area contributed by atoms with Crippen LogP contribution in [-0.4, -0.2) is 56.0 Å². The summed E-state index contributed by atoms with van der Waals surface area (Å²) in [5.41, 5.74) is 3.59. The lowest BCUT2D eigenvalue weighted by Crippen LogP contribution is -2.40. The lowest BCUT2D eigenvalue weighted by Gasteiger charge is -2.16. The van der Waals surface area contributed by atoms with E-state index in [-0.39, 0.29) is 37.2 Å². The van der Waals surface area contributed by atoms with Crippen LogP contribution in [0.3, 0.4) is 0 Å². The van der Waals surface area contributed by atoms with Crippen LogP contribution >= 0.6 is 0 Å². The maximum Gasteiger partial charge on any atom is 0.290 e. The van der Waals surface area contributed by atoms with E-state index in [1.54, 1.807) is 13.0 Å². The topological polar surface area (TPSA) is 170 Å². The summed E-state index contributed by atoms with van der Waals surface area (Å²) in [5.74, 6) is 0.0374. The number of nitrogens with one attached hydrogen (secondary N) is 3. The highest BCUT2D eigenvalue weighted by Crippen LogP contribution is 2.26. The first-order valence-electron chi connectivity index (χ1n) is 10.0. The van der Waals surface area contributed by atoms with E-state index >= 15 is 0 Å². The van der Waals surface area contributed by atoms with Crippen molar-refractivity contribution >= 4 is 18.3 Å². The Labute approximate surface area is 179 Å². The third-order valence-electron chi connectivity index (χ3n) is 5.31. The molecule has 0 bridgehead atoms. The fourth-order valence-corrected chi connectivity index (χ4v) is 3.50. The van der Waals surface area contributed by atoms with Gasteiger partial charge in [-0.2, -0.15) is 5.10 Å². The maximum atomic E-state index is 12.3. The normalized spacial score (nSPS) is 19.9. The van der Waals surface area contributed by atoms with Gasteiger partial charge >= 0.3 is 0 Å². The number of hydrogen-bond donors (Lipinski definition) is 5. The molecule has 3 rings (SSSR count). The number of aryl methyl sites for hydroxylation is 3. The lowest BCUT2D eigenvalue weighted by atomic mass is 10.1. The number of carbonyl (C=O) groups is 3. The molecule has 1 aliphatic rings. The third kappa shape index (κ3) is 6.92. The summed E-state index contributed by atoms with van der Waals surface area (Å²) >= 11 is 0. The van der Waals surface area contributed by atoms with Crippen molar-refractivity contribution in [2.45, 2.75) is 65.1 Å². The number of nitrogens with zero attached hydrogens (tertiary/aromatic N) is 2. The highest BCUT2D eigenvalue weighted by Gasteiger charge is 2.37. The molecular formula is C20H29N5O6. The van der Waals surface area contributed by atoms with Crippen LogP contribution in [0.2, 0.25) is 0 Å². The molecule has 2 amide bonds. The van der Waals surface area contributed by atoms with E-state index in [1.165, 1.54) is 0 Å². The summed E-state index contributed by atoms with van der Waals surface area (Å²) in [5, 5.41) is 33.7. The predicted octanol–water partition coefficient (Wildman–Crippen LogP) is 0.528. The molecule has 0 unspecified atom stereocenters. The van der Waals surface area contributed by atoms with Crippen LogP contribution in [0.1, 0.15) is 47.7 Å². The minimum Gasteiger partial charge on any atom is -0.483 e. The van der Waals surface area contributed by atoms with Crippen LogP contribution in [0.25, 0.3) is 0 Å². The van der Waals surface area contributed by atoms with Crippen LogP contribution in [0, 0.1) is 26.7 Å². The van der Waals surface area contributed by atoms with Crippen LogP contribution in [0.15, 0.2) is 10.6 Å². The van der Waals surface area contributed by atoms with Crippen LogP contribution < -0.4 is 10.6 Å². The standard InChI is InChI=1S/C19H27N5O4.CH2O2/c1-10-6-14(24-28-10)9-20-19(27)13-7-16(17(25)8-13)21-18(26)5-4-15-11(2)12(3)22-23-15;2-1-3/h6,13,16-17,25H,4-5,7-9H2,1-3H3,(H,20,27)(H,21,26)(H,22,23);1H,(H,2,3)/t13-,16+,17+;/m0./s1. The zero-order chi connectivity index (χ0) is 23.0. The van der Waals surface area contributed by atoms with Crippen molar-refractivity contribution in [2.75, 3.05) is 0 Å². The van der Waals surface area contributed by atoms with E-state index in [0.717, 1.165) is 17.0 Å². The monoisotopic (exact) mass is 435 g/mol. The van der Waals surface area contributed by atoms with Gasteiger partial charge in [0.1, 0.15) is 11.5 Å². The van der Waals surface area contributed by atoms with Gasteiger partial charge in [0.25, 0.3) is 6.47 Å². The third-order valence-corrected chi connectivity index (χ3v) is 5.31. The second-order valence-corrected chi connectivity index (χ2v) is 7.58. The molecule has 0 radical (unpaired) electrons. The number of carbonyl (C=O) groups excluding carboxylic acids is 2. The van der Waals surface area contributed by atoms with Crippen molar-refractivity contribution in [1.82, 2.24) is 26.0 Å². The van der Waals surface area contributed by atoms with Gasteiger partial charge in [0.15, 0.2) is 0 Å². The average Bonchev–Trinajstić information content (AvgIpc) is 3.40. The first-order valence-corrected chi connectivity index (χ1v) is 10.0. The number of aliphatic hydroxyl groups excluding tert-OH is 1. The molecule has 11 heteroatoms. The van der Waals surface area contributed by atoms with Gasteiger partial charge in [0.05, 0.1) is 24.4 Å². The zero-order valence-corrected chi connectivity index (χ0v) is 17.8. The second-order valence-electron chi connectivity index (χ2n) is 7.58. The molecule has 1 fully saturated rings. The molecule has 0 aromatic carbocycles. The van der Waals surface area contributed by atoms with Crippen molar-refractivity contribution < 1.29 is 29.1 Å². The smallest absolute Gasteiger partial charge is 0.290 e. The highest BCUT2D eigenvalue weighted by molar-refractivity contribution is 5.80. The largest absolute Gasteiger partial charge is 0.483 e. The Kier molecular flexibility index (Phi) is 8.74. The quantitative estimate of drug-likeness (QED) is 0.392. The number of hydrogen-bond acceptors (Lipinski definition) is 7. The molecule has 170 valence electrons. The molecule has 0 aliphatic heterocycles. The summed E-state index contributed by atoms with van der Waals surface area (Å²) in [6.07, 6.45) is 0.829. The predicted molar refractivity (Wildman–Crippen MR) is 109 cm³/mol. The summed E-state index contributed by atoms with van der Waals surface area (Å²) in [6, 6.07) is 1.34. The number of aromatic nitrogens is 3. The fraction of sp³-hybridized carbons (Fsp3) is 0.550. The number of rotatable bonds is 7. The molecule has 2 aromatic heterocycles. The lowest BCUT2D eigenvalue weighted by molar-refractivity contribution is -0.125. The SMILES string of the molecule is Cc1cc(CNC(=O)[C@@H]2C[C@@H](O)[C@H](NC(=O)CCc3n[nH]c(C)c3C)C2)no1.O=CO. The Balaban J connectivity index is 0.00000107. The van der Waals surface area contributed by atoms with E-state index < -0.39 is 12.1 Å². The van der Waals surface area contributed by atoms with Crippen molar-refractivity contribution in [3.8, 4) is 0 Å². The molecule has 1 aliphatic carbocycles. The van der Waals surface area contributed by atoms with Crippen molar-refractivity contribution in [2.24, 2.45) is 5.92 Å². The number of aliphatic hydroxyl groups is 1. The summed E-state index contributed by atoms with van der Waals surface area (Å²) in [7, 11) is 0. The Bertz CT molecular complexity index is 893. The van der Waals surface area contributed by atoms with Gasteiger partial charge in [-0.25, -0.2) is 0 Å². The number of amides is 2. The van der Waals surface area contributed by atoms with Crippen molar-refractivity contribution in [3.05, 3.63) is 34.5 Å². The Morgan fingerprint density at radius 3 is 2.61 bits per heavy atom. The molecule has 11 nitrogen and oxygen atoms in total. The first-order chi connectivity index (χ1) is 14.7. The van der Waals surface area contributed by atoms with E-state index in [2.05, 4.69) is 26.0 Å². The van der Waals surface area contributed by atoms with Crippen LogP contribution in [-0.2, 0) is 27.3 Å². The molecular weight excluding hydrogens is 406 g/mol. The Morgan fingerprint density at radius 1 is 1.32 bits per heavy atom. The maximum absolute atomic E-state index is 12.3. The molecule has 0 spiro atoms. The summed E-state index contributed by atoms with van der Waals surface area (Å²) < 4.78 is 4.97. The number of aromatic amines is 1. The number of carboxylic acid groups (broad SMARTS) is 1. The van der Waals surface area contributed by atoms with Crippen LogP contribution in [0.5, 0.6) is 0 Å². The molecule has 0 saturated heterocycles. The molecule has 5 N–H and O–H groups in total. The second kappa shape index (κ2) is 11.3. The van der Waals surface area contributed by atoms with E-state index in [1.807, 2.05) is 13.8 Å². The van der Waals surface area contributed by atoms with Gasteiger partial charge in [0, 0.05) is 30.5 Å². The Hall–Kier alpha value is -3.21. The summed E-state index contributed by atoms with van der Waals surface area (Å²) in [4.78, 5) is 33.0. The summed E-state index contributed by atoms with van der Waals surface area (Å²) in [6.45, 7) is 5.72. The minimum atomic E-state index is -0.733. The molecule has 31 heavy (non-hydrogen) atoms. The molecule has 2 aromatic rings. The van der Waals surface area contributed by atoms with Gasteiger partial charge < -0.3 is 25.4 Å².